The van der Waals surface area contributed by atoms with Gasteiger partial charge in [-0.1, -0.05) is 0 Å². The van der Waals surface area contributed by atoms with Crippen LogP contribution in [0.3, 0.4) is 0 Å². The van der Waals surface area contributed by atoms with Gasteiger partial charge in [-0.2, -0.15) is 10.1 Å². The van der Waals surface area contributed by atoms with Gasteiger partial charge in [0.05, 0.1) is 12.6 Å². The number of carbonyl (C=O) groups is 1. The average Bonchev–Trinajstić information content (AvgIpc) is 3.27. The second-order valence-corrected chi connectivity index (χ2v) is 8.23. The van der Waals surface area contributed by atoms with Gasteiger partial charge in [-0.05, 0) is 44.7 Å². The molecular formula is C21H25N7O3. The van der Waals surface area contributed by atoms with Crippen molar-refractivity contribution < 1.29 is 14.6 Å². The van der Waals surface area contributed by atoms with Crippen molar-refractivity contribution >= 4 is 34.6 Å². The third-order valence-corrected chi connectivity index (χ3v) is 6.14. The van der Waals surface area contributed by atoms with Gasteiger partial charge in [0, 0.05) is 41.3 Å². The molecule has 0 aliphatic carbocycles. The number of anilines is 3. The van der Waals surface area contributed by atoms with Gasteiger partial charge in [0.1, 0.15) is 11.6 Å². The van der Waals surface area contributed by atoms with Gasteiger partial charge in [0.25, 0.3) is 0 Å². The number of benzene rings is 1. The van der Waals surface area contributed by atoms with Crippen LogP contribution in [0.5, 0.6) is 5.75 Å². The van der Waals surface area contributed by atoms with E-state index in [1.807, 2.05) is 31.2 Å². The van der Waals surface area contributed by atoms with Crippen LogP contribution in [0.15, 0.2) is 24.3 Å². The molecule has 162 valence electrons. The molecule has 10 nitrogen and oxygen atoms in total. The largest absolute Gasteiger partial charge is 0.497 e. The first-order valence-corrected chi connectivity index (χ1v) is 10.4. The number of hydrogen-bond acceptors (Lipinski definition) is 7. The molecule has 3 aromatic rings. The van der Waals surface area contributed by atoms with Gasteiger partial charge in [-0.3, -0.25) is 5.10 Å². The zero-order valence-corrected chi connectivity index (χ0v) is 17.4. The number of amides is 1. The van der Waals surface area contributed by atoms with Crippen LogP contribution in [0.2, 0.25) is 0 Å². The molecule has 2 atom stereocenters. The van der Waals surface area contributed by atoms with Crippen molar-refractivity contribution in [2.24, 2.45) is 0 Å². The minimum absolute atomic E-state index is 0.0546. The van der Waals surface area contributed by atoms with Gasteiger partial charge in [0.2, 0.25) is 5.95 Å². The van der Waals surface area contributed by atoms with E-state index in [0.29, 0.717) is 23.3 Å². The molecule has 0 radical (unpaired) electrons. The molecular weight excluding hydrogens is 398 g/mol. The van der Waals surface area contributed by atoms with E-state index in [1.54, 1.807) is 12.0 Å². The number of hydrogen-bond donors (Lipinski definition) is 4. The maximum atomic E-state index is 11.6. The van der Waals surface area contributed by atoms with E-state index in [4.69, 9.17) is 14.7 Å². The predicted octanol–water partition coefficient (Wildman–Crippen LogP) is 3.50. The van der Waals surface area contributed by atoms with Crippen LogP contribution in [0.1, 0.15) is 31.4 Å². The molecule has 2 unspecified atom stereocenters. The first-order chi connectivity index (χ1) is 15.0. The Kier molecular flexibility index (Phi) is 4.76. The second kappa shape index (κ2) is 7.60. The summed E-state index contributed by atoms with van der Waals surface area (Å²) in [5.41, 5.74) is 1.69. The van der Waals surface area contributed by atoms with E-state index < -0.39 is 6.09 Å². The normalized spacial score (nSPS) is 22.5. The minimum atomic E-state index is -0.819. The quantitative estimate of drug-likeness (QED) is 0.491. The summed E-state index contributed by atoms with van der Waals surface area (Å²) in [4.78, 5) is 22.6. The molecule has 2 bridgehead atoms. The number of aryl methyl sites for hydroxylation is 1. The molecule has 2 aliphatic heterocycles. The van der Waals surface area contributed by atoms with Crippen LogP contribution in [-0.4, -0.2) is 61.5 Å². The first-order valence-electron chi connectivity index (χ1n) is 10.4. The van der Waals surface area contributed by atoms with Gasteiger partial charge in [-0.15, -0.1) is 0 Å². The number of ether oxygens (including phenoxy) is 1. The topological polar surface area (TPSA) is 128 Å². The lowest BCUT2D eigenvalue weighted by molar-refractivity contribution is 0.0993. The van der Waals surface area contributed by atoms with Crippen LogP contribution >= 0.6 is 0 Å². The molecule has 2 aromatic heterocycles. The number of rotatable bonds is 5. The number of aromatic amines is 1. The standard InChI is InChI=1S/C21H25N7O3/c1-11-7-18(27-26-11)24-19-16-6-5-15(31-2)10-17(16)23-20(25-19)22-12-8-13-3-4-14(9-12)28(13)21(29)30/h5-7,10,12-14H,3-4,8-9H2,1-2H3,(H,29,30)(H3,22,23,24,25,26,27). The Morgan fingerprint density at radius 1 is 1.23 bits per heavy atom. The molecule has 0 saturated carbocycles. The van der Waals surface area contributed by atoms with E-state index >= 15 is 0 Å². The van der Waals surface area contributed by atoms with Gasteiger partial charge in [-0.25, -0.2) is 9.78 Å². The first kappa shape index (κ1) is 19.4. The zero-order valence-electron chi connectivity index (χ0n) is 17.4. The maximum Gasteiger partial charge on any atom is 0.407 e. The van der Waals surface area contributed by atoms with Crippen LogP contribution < -0.4 is 15.4 Å². The Labute approximate surface area is 179 Å². The van der Waals surface area contributed by atoms with Crippen LogP contribution in [0.4, 0.5) is 22.4 Å². The van der Waals surface area contributed by atoms with Crippen LogP contribution in [0, 0.1) is 6.92 Å². The number of fused-ring (bicyclic) bond motifs is 3. The molecule has 0 spiro atoms. The molecule has 5 rings (SSSR count). The van der Waals surface area contributed by atoms with Crippen molar-refractivity contribution in [2.75, 3.05) is 17.7 Å². The third-order valence-electron chi connectivity index (χ3n) is 6.14. The highest BCUT2D eigenvalue weighted by Gasteiger charge is 2.43. The lowest BCUT2D eigenvalue weighted by atomic mass is 9.98. The van der Waals surface area contributed by atoms with E-state index in [1.165, 1.54) is 0 Å². The Morgan fingerprint density at radius 2 is 2.00 bits per heavy atom. The minimum Gasteiger partial charge on any atom is -0.497 e. The number of piperidine rings is 1. The van der Waals surface area contributed by atoms with Gasteiger partial charge >= 0.3 is 6.09 Å². The van der Waals surface area contributed by atoms with Crippen molar-refractivity contribution in [1.82, 2.24) is 25.1 Å². The molecule has 10 heteroatoms. The monoisotopic (exact) mass is 423 g/mol. The smallest absolute Gasteiger partial charge is 0.407 e. The molecule has 4 N–H and O–H groups in total. The SMILES string of the molecule is COc1ccc2c(Nc3cc(C)[nH]n3)nc(NC3CC4CCC(C3)N4C(=O)O)nc2c1. The number of carboxylic acid groups (broad SMARTS) is 1. The second-order valence-electron chi connectivity index (χ2n) is 8.23. The summed E-state index contributed by atoms with van der Waals surface area (Å²) in [6, 6.07) is 7.81. The van der Waals surface area contributed by atoms with Gasteiger partial charge < -0.3 is 25.4 Å². The van der Waals surface area contributed by atoms with Crippen molar-refractivity contribution in [3.63, 3.8) is 0 Å². The molecule has 2 aliphatic rings. The van der Waals surface area contributed by atoms with Gasteiger partial charge in [0.15, 0.2) is 5.82 Å². The summed E-state index contributed by atoms with van der Waals surface area (Å²) < 4.78 is 5.36. The Bertz CT molecular complexity index is 1120. The Hall–Kier alpha value is -3.56. The number of nitrogens with zero attached hydrogens (tertiary/aromatic N) is 4. The summed E-state index contributed by atoms with van der Waals surface area (Å²) >= 11 is 0. The van der Waals surface area contributed by atoms with Crippen molar-refractivity contribution in [3.8, 4) is 5.75 Å². The van der Waals surface area contributed by atoms with Crippen molar-refractivity contribution in [2.45, 2.75) is 50.7 Å². The number of methoxy groups -OCH3 is 1. The highest BCUT2D eigenvalue weighted by Crippen LogP contribution is 2.37. The fraction of sp³-hybridized carbons (Fsp3) is 0.429. The van der Waals surface area contributed by atoms with Crippen LogP contribution in [-0.2, 0) is 0 Å². The Balaban J connectivity index is 1.45. The summed E-state index contributed by atoms with van der Waals surface area (Å²) in [5.74, 6) is 2.54. The lowest BCUT2D eigenvalue weighted by Crippen LogP contribution is -2.49. The molecule has 2 saturated heterocycles. The van der Waals surface area contributed by atoms with Crippen molar-refractivity contribution in [1.29, 1.82) is 0 Å². The number of aromatic nitrogens is 4. The molecule has 2 fully saturated rings. The van der Waals surface area contributed by atoms with E-state index in [0.717, 1.165) is 42.3 Å². The molecule has 31 heavy (non-hydrogen) atoms. The molecule has 1 aromatic carbocycles. The third kappa shape index (κ3) is 3.69. The number of nitrogens with one attached hydrogen (secondary N) is 3. The predicted molar refractivity (Wildman–Crippen MR) is 116 cm³/mol. The van der Waals surface area contributed by atoms with E-state index in [9.17, 15) is 9.90 Å². The van der Waals surface area contributed by atoms with Crippen LogP contribution in [0.25, 0.3) is 10.9 Å². The maximum absolute atomic E-state index is 11.6. The summed E-state index contributed by atoms with van der Waals surface area (Å²) in [7, 11) is 1.62. The van der Waals surface area contributed by atoms with E-state index in [2.05, 4.69) is 20.8 Å². The number of H-pyrrole nitrogens is 1. The fourth-order valence-corrected chi connectivity index (χ4v) is 4.79. The zero-order chi connectivity index (χ0) is 21.5. The molecule has 1 amide bonds. The summed E-state index contributed by atoms with van der Waals surface area (Å²) in [5, 5.41) is 24.2. The summed E-state index contributed by atoms with van der Waals surface area (Å²) in [6.07, 6.45) is 2.51. The fourth-order valence-electron chi connectivity index (χ4n) is 4.79. The Morgan fingerprint density at radius 3 is 2.65 bits per heavy atom. The highest BCUT2D eigenvalue weighted by atomic mass is 16.5. The van der Waals surface area contributed by atoms with Crippen molar-refractivity contribution in [3.05, 3.63) is 30.0 Å². The average molecular weight is 423 g/mol. The highest BCUT2D eigenvalue weighted by molar-refractivity contribution is 5.92. The lowest BCUT2D eigenvalue weighted by Gasteiger charge is -2.37. The molecule has 4 heterocycles. The summed E-state index contributed by atoms with van der Waals surface area (Å²) in [6.45, 7) is 1.94. The van der Waals surface area contributed by atoms with E-state index in [-0.39, 0.29) is 18.1 Å².